The van der Waals surface area contributed by atoms with Gasteiger partial charge in [0.15, 0.2) is 0 Å². The quantitative estimate of drug-likeness (QED) is 0.276. The summed E-state index contributed by atoms with van der Waals surface area (Å²) >= 11 is 0. The van der Waals surface area contributed by atoms with Crippen LogP contribution in [0.5, 0.6) is 5.75 Å². The Morgan fingerprint density at radius 3 is 2.41 bits per heavy atom. The molecule has 0 atom stereocenters. The van der Waals surface area contributed by atoms with Gasteiger partial charge in [-0.3, -0.25) is 0 Å². The van der Waals surface area contributed by atoms with E-state index in [4.69, 9.17) is 13.9 Å². The van der Waals surface area contributed by atoms with Crippen molar-refractivity contribution in [3.8, 4) is 16.9 Å². The third-order valence-electron chi connectivity index (χ3n) is 5.30. The number of carbonyl (C=O) groups is 1. The first-order chi connectivity index (χ1) is 15.6. The first-order valence-corrected chi connectivity index (χ1v) is 10.5. The molecular formula is C27H24O5. The number of benzene rings is 3. The molecule has 0 spiro atoms. The highest BCUT2D eigenvalue weighted by atomic mass is 16.5. The Bertz CT molecular complexity index is 1290. The molecule has 5 nitrogen and oxygen atoms in total. The maximum atomic E-state index is 12.2. The maximum Gasteiger partial charge on any atom is 0.337 e. The second-order valence-electron chi connectivity index (χ2n) is 7.53. The van der Waals surface area contributed by atoms with Crippen LogP contribution in [0.15, 0.2) is 82.0 Å². The van der Waals surface area contributed by atoms with Crippen LogP contribution in [0.2, 0.25) is 0 Å². The lowest BCUT2D eigenvalue weighted by molar-refractivity contribution is 0.0600. The number of hydrogen-bond donors (Lipinski definition) is 0. The standard InChI is InChI=1S/C27H24O5/c1-3-7-21-14-23-22(19-8-5-4-6-9-19)15-26(28)32-25(23)16-24(21)31-17-18-10-12-20(13-11-18)27(29)30-2/h4-6,8-16H,3,7,17H2,1-2H3. The van der Waals surface area contributed by atoms with E-state index in [0.717, 1.165) is 40.5 Å². The van der Waals surface area contributed by atoms with Crippen molar-refractivity contribution >= 4 is 16.9 Å². The van der Waals surface area contributed by atoms with E-state index in [1.807, 2.05) is 42.5 Å². The number of rotatable bonds is 7. The molecular weight excluding hydrogens is 404 g/mol. The molecule has 0 N–H and O–H groups in total. The number of carbonyl (C=O) groups excluding carboxylic acids is 1. The number of fused-ring (bicyclic) bond motifs is 1. The van der Waals surface area contributed by atoms with Crippen molar-refractivity contribution in [1.82, 2.24) is 0 Å². The molecule has 0 aliphatic heterocycles. The third kappa shape index (κ3) is 4.57. The number of aryl methyl sites for hydroxylation is 1. The predicted octanol–water partition coefficient (Wildman–Crippen LogP) is 5.78. The van der Waals surface area contributed by atoms with Gasteiger partial charge in [0, 0.05) is 17.5 Å². The van der Waals surface area contributed by atoms with Crippen molar-refractivity contribution in [3.63, 3.8) is 0 Å². The number of methoxy groups -OCH3 is 1. The largest absolute Gasteiger partial charge is 0.488 e. The van der Waals surface area contributed by atoms with Crippen molar-refractivity contribution in [2.24, 2.45) is 0 Å². The van der Waals surface area contributed by atoms with Gasteiger partial charge in [-0.25, -0.2) is 9.59 Å². The van der Waals surface area contributed by atoms with Crippen molar-refractivity contribution in [3.05, 3.63) is 99.9 Å². The minimum absolute atomic E-state index is 0.326. The Labute approximate surface area is 186 Å². The molecule has 32 heavy (non-hydrogen) atoms. The first kappa shape index (κ1) is 21.4. The molecule has 0 unspecified atom stereocenters. The van der Waals surface area contributed by atoms with Gasteiger partial charge in [-0.05, 0) is 46.9 Å². The second kappa shape index (κ2) is 9.52. The fourth-order valence-corrected chi connectivity index (χ4v) is 3.71. The lowest BCUT2D eigenvalue weighted by Gasteiger charge is -2.14. The van der Waals surface area contributed by atoms with Gasteiger partial charge in [0.1, 0.15) is 17.9 Å². The van der Waals surface area contributed by atoms with Crippen LogP contribution in [0.1, 0.15) is 34.8 Å². The van der Waals surface area contributed by atoms with Crippen LogP contribution in [0.4, 0.5) is 0 Å². The van der Waals surface area contributed by atoms with Crippen LogP contribution in [0.3, 0.4) is 0 Å². The van der Waals surface area contributed by atoms with Crippen molar-refractivity contribution in [2.75, 3.05) is 7.11 Å². The van der Waals surface area contributed by atoms with E-state index in [2.05, 4.69) is 13.0 Å². The SMILES string of the molecule is CCCc1cc2c(-c3ccccc3)cc(=O)oc2cc1OCc1ccc(C(=O)OC)cc1. The predicted molar refractivity (Wildman–Crippen MR) is 124 cm³/mol. The topological polar surface area (TPSA) is 65.7 Å². The lowest BCUT2D eigenvalue weighted by Crippen LogP contribution is -2.03. The molecule has 3 aromatic carbocycles. The smallest absolute Gasteiger partial charge is 0.337 e. The van der Waals surface area contributed by atoms with Gasteiger partial charge in [0.05, 0.1) is 12.7 Å². The Balaban J connectivity index is 1.69. The molecule has 4 rings (SSSR count). The van der Waals surface area contributed by atoms with Crippen molar-refractivity contribution in [1.29, 1.82) is 0 Å². The average molecular weight is 428 g/mol. The zero-order valence-electron chi connectivity index (χ0n) is 18.1. The normalized spacial score (nSPS) is 10.8. The summed E-state index contributed by atoms with van der Waals surface area (Å²) in [5, 5.41) is 0.883. The highest BCUT2D eigenvalue weighted by molar-refractivity contribution is 5.94. The molecule has 0 bridgehead atoms. The van der Waals surface area contributed by atoms with Crippen LogP contribution in [-0.2, 0) is 17.8 Å². The Morgan fingerprint density at radius 2 is 1.72 bits per heavy atom. The molecule has 0 amide bonds. The number of esters is 1. The van der Waals surface area contributed by atoms with E-state index < -0.39 is 5.63 Å². The van der Waals surface area contributed by atoms with E-state index in [0.29, 0.717) is 23.5 Å². The van der Waals surface area contributed by atoms with Crippen LogP contribution in [0.25, 0.3) is 22.1 Å². The Hall–Kier alpha value is -3.86. The van der Waals surface area contributed by atoms with Crippen LogP contribution >= 0.6 is 0 Å². The highest BCUT2D eigenvalue weighted by Gasteiger charge is 2.14. The van der Waals surface area contributed by atoms with Gasteiger partial charge < -0.3 is 13.9 Å². The molecule has 0 saturated heterocycles. The molecule has 162 valence electrons. The van der Waals surface area contributed by atoms with Crippen LogP contribution < -0.4 is 10.4 Å². The molecule has 0 aliphatic carbocycles. The van der Waals surface area contributed by atoms with Gasteiger partial charge in [-0.1, -0.05) is 55.8 Å². The average Bonchev–Trinajstić information content (AvgIpc) is 2.83. The minimum Gasteiger partial charge on any atom is -0.488 e. The summed E-state index contributed by atoms with van der Waals surface area (Å²) in [6.07, 6.45) is 1.78. The van der Waals surface area contributed by atoms with Crippen LogP contribution in [0, 0.1) is 0 Å². The Kier molecular flexibility index (Phi) is 6.36. The van der Waals surface area contributed by atoms with E-state index in [1.54, 1.807) is 18.2 Å². The molecule has 5 heteroatoms. The molecule has 0 radical (unpaired) electrons. The maximum absolute atomic E-state index is 12.2. The van der Waals surface area contributed by atoms with Gasteiger partial charge in [-0.15, -0.1) is 0 Å². The fourth-order valence-electron chi connectivity index (χ4n) is 3.71. The number of hydrogen-bond acceptors (Lipinski definition) is 5. The van der Waals surface area contributed by atoms with Crippen molar-refractivity contribution < 1.29 is 18.7 Å². The van der Waals surface area contributed by atoms with Crippen molar-refractivity contribution in [2.45, 2.75) is 26.4 Å². The molecule has 0 fully saturated rings. The first-order valence-electron chi connectivity index (χ1n) is 10.5. The zero-order valence-corrected chi connectivity index (χ0v) is 18.1. The molecule has 0 saturated carbocycles. The summed E-state index contributed by atoms with van der Waals surface area (Å²) in [6.45, 7) is 2.44. The van der Waals surface area contributed by atoms with Gasteiger partial charge >= 0.3 is 11.6 Å². The van der Waals surface area contributed by atoms with E-state index >= 15 is 0 Å². The lowest BCUT2D eigenvalue weighted by atomic mass is 9.98. The highest BCUT2D eigenvalue weighted by Crippen LogP contribution is 2.33. The zero-order chi connectivity index (χ0) is 22.5. The molecule has 1 aromatic heterocycles. The van der Waals surface area contributed by atoms with Gasteiger partial charge in [0.2, 0.25) is 0 Å². The molecule has 1 heterocycles. The fraction of sp³-hybridized carbons (Fsp3) is 0.185. The van der Waals surface area contributed by atoms with E-state index in [9.17, 15) is 9.59 Å². The Morgan fingerprint density at radius 1 is 0.969 bits per heavy atom. The summed E-state index contributed by atoms with van der Waals surface area (Å²) < 4.78 is 16.4. The molecule has 4 aromatic rings. The summed E-state index contributed by atoms with van der Waals surface area (Å²) in [7, 11) is 1.36. The van der Waals surface area contributed by atoms with Gasteiger partial charge in [-0.2, -0.15) is 0 Å². The summed E-state index contributed by atoms with van der Waals surface area (Å²) in [4.78, 5) is 23.9. The third-order valence-corrected chi connectivity index (χ3v) is 5.30. The van der Waals surface area contributed by atoms with Gasteiger partial charge in [0.25, 0.3) is 0 Å². The van der Waals surface area contributed by atoms with E-state index in [-0.39, 0.29) is 5.97 Å². The number of ether oxygens (including phenoxy) is 2. The van der Waals surface area contributed by atoms with E-state index in [1.165, 1.54) is 13.2 Å². The minimum atomic E-state index is -0.399. The summed E-state index contributed by atoms with van der Waals surface area (Å²) in [5.74, 6) is 0.311. The monoisotopic (exact) mass is 428 g/mol. The second-order valence-corrected chi connectivity index (χ2v) is 7.53. The summed E-state index contributed by atoms with van der Waals surface area (Å²) in [5.41, 5.74) is 4.36. The van der Waals surface area contributed by atoms with Crippen LogP contribution in [-0.4, -0.2) is 13.1 Å². The molecule has 0 aliphatic rings. The summed E-state index contributed by atoms with van der Waals surface area (Å²) in [6, 6.07) is 22.3.